The van der Waals surface area contributed by atoms with Gasteiger partial charge in [0.15, 0.2) is 5.82 Å². The van der Waals surface area contributed by atoms with Gasteiger partial charge in [-0.3, -0.25) is 9.71 Å². The first-order valence-corrected chi connectivity index (χ1v) is 6.30. The smallest absolute Gasteiger partial charge is 0.263 e. The van der Waals surface area contributed by atoms with Crippen LogP contribution in [0.25, 0.3) is 0 Å². The predicted octanol–water partition coefficient (Wildman–Crippen LogP) is 0.999. The van der Waals surface area contributed by atoms with Gasteiger partial charge in [0.2, 0.25) is 0 Å². The van der Waals surface area contributed by atoms with E-state index in [0.717, 1.165) is 18.2 Å². The molecule has 0 atom stereocenters. The van der Waals surface area contributed by atoms with Gasteiger partial charge in [-0.1, -0.05) is 0 Å². The molecule has 0 aliphatic rings. The molecule has 2 rings (SSSR count). The average Bonchev–Trinajstić information content (AvgIpc) is 2.28. The van der Waals surface area contributed by atoms with E-state index in [1.54, 1.807) is 0 Å². The molecule has 0 spiro atoms. The second-order valence-corrected chi connectivity index (χ2v) is 5.10. The number of nitrogens with two attached hydrogens (primary N) is 1. The Bertz CT molecular complexity index is 641. The van der Waals surface area contributed by atoms with Gasteiger partial charge in [0.1, 0.15) is 5.82 Å². The molecule has 1 heterocycles. The lowest BCUT2D eigenvalue weighted by Gasteiger charge is -2.07. The molecule has 1 aromatic heterocycles. The largest absolute Gasteiger partial charge is 0.399 e. The van der Waals surface area contributed by atoms with E-state index in [-0.39, 0.29) is 16.4 Å². The topological polar surface area (TPSA) is 98.0 Å². The van der Waals surface area contributed by atoms with Gasteiger partial charge in [-0.15, -0.1) is 0 Å². The Balaban J connectivity index is 2.37. The van der Waals surface area contributed by atoms with Crippen LogP contribution < -0.4 is 10.5 Å². The number of benzene rings is 1. The highest BCUT2D eigenvalue weighted by Gasteiger charge is 2.16. The lowest BCUT2D eigenvalue weighted by atomic mass is 10.3. The molecule has 0 unspecified atom stereocenters. The third kappa shape index (κ3) is 2.72. The Hall–Kier alpha value is -2.22. The Morgan fingerprint density at radius 1 is 1.22 bits per heavy atom. The zero-order valence-electron chi connectivity index (χ0n) is 9.04. The molecule has 0 bridgehead atoms. The minimum atomic E-state index is -3.93. The quantitative estimate of drug-likeness (QED) is 0.809. The lowest BCUT2D eigenvalue weighted by Crippen LogP contribution is -2.14. The van der Waals surface area contributed by atoms with Crippen LogP contribution in [-0.2, 0) is 10.0 Å². The Labute approximate surface area is 103 Å². The van der Waals surface area contributed by atoms with Crippen molar-refractivity contribution in [3.8, 4) is 0 Å². The summed E-state index contributed by atoms with van der Waals surface area (Å²) in [4.78, 5) is 7.19. The number of aromatic nitrogens is 2. The molecule has 0 saturated heterocycles. The Morgan fingerprint density at radius 2 is 2.00 bits per heavy atom. The van der Waals surface area contributed by atoms with Gasteiger partial charge >= 0.3 is 0 Å². The van der Waals surface area contributed by atoms with Crippen LogP contribution in [0.15, 0.2) is 41.7 Å². The van der Waals surface area contributed by atoms with Gasteiger partial charge in [-0.25, -0.2) is 17.8 Å². The monoisotopic (exact) mass is 268 g/mol. The second-order valence-electron chi connectivity index (χ2n) is 3.42. The van der Waals surface area contributed by atoms with Crippen LogP contribution >= 0.6 is 0 Å². The molecule has 1 aromatic carbocycles. The first-order valence-electron chi connectivity index (χ1n) is 4.82. The van der Waals surface area contributed by atoms with Crippen molar-refractivity contribution in [3.05, 3.63) is 42.6 Å². The van der Waals surface area contributed by atoms with E-state index in [4.69, 9.17) is 5.73 Å². The molecule has 6 nitrogen and oxygen atoms in total. The van der Waals surface area contributed by atoms with Crippen LogP contribution in [-0.4, -0.2) is 18.4 Å². The number of hydrogen-bond donors (Lipinski definition) is 2. The van der Waals surface area contributed by atoms with Gasteiger partial charge in [0, 0.05) is 18.1 Å². The first kappa shape index (κ1) is 12.2. The van der Waals surface area contributed by atoms with Gasteiger partial charge in [0.25, 0.3) is 10.0 Å². The molecular formula is C10H9FN4O2S. The van der Waals surface area contributed by atoms with Crippen molar-refractivity contribution in [1.29, 1.82) is 0 Å². The summed E-state index contributed by atoms with van der Waals surface area (Å²) >= 11 is 0. The molecule has 0 amide bonds. The molecule has 8 heteroatoms. The highest BCUT2D eigenvalue weighted by atomic mass is 32.2. The number of hydrogen-bond acceptors (Lipinski definition) is 5. The van der Waals surface area contributed by atoms with Crippen molar-refractivity contribution in [2.24, 2.45) is 0 Å². The predicted molar refractivity (Wildman–Crippen MR) is 63.7 cm³/mol. The van der Waals surface area contributed by atoms with E-state index in [1.165, 1.54) is 18.6 Å². The summed E-state index contributed by atoms with van der Waals surface area (Å²) in [5, 5.41) is 0. The van der Waals surface area contributed by atoms with Crippen LogP contribution in [0.2, 0.25) is 0 Å². The molecule has 0 aliphatic carbocycles. The van der Waals surface area contributed by atoms with E-state index in [0.29, 0.717) is 0 Å². The number of nitrogens with one attached hydrogen (secondary N) is 1. The molecule has 0 saturated carbocycles. The summed E-state index contributed by atoms with van der Waals surface area (Å²) in [6.07, 6.45) is 3.97. The molecule has 0 fully saturated rings. The summed E-state index contributed by atoms with van der Waals surface area (Å²) in [5.41, 5.74) is 5.41. The standard InChI is InChI=1S/C10H9FN4O2S/c11-7-3-8(12)5-9(4-7)18(16,17)15-10-6-13-1-2-14-10/h1-6H,12H2,(H,14,15). The van der Waals surface area contributed by atoms with E-state index in [9.17, 15) is 12.8 Å². The normalized spacial score (nSPS) is 11.2. The number of anilines is 2. The Kier molecular flexibility index (Phi) is 3.11. The van der Waals surface area contributed by atoms with Crippen molar-refractivity contribution in [2.45, 2.75) is 4.90 Å². The summed E-state index contributed by atoms with van der Waals surface area (Å²) in [5.74, 6) is -0.685. The summed E-state index contributed by atoms with van der Waals surface area (Å²) in [6.45, 7) is 0. The van der Waals surface area contributed by atoms with Crippen molar-refractivity contribution < 1.29 is 12.8 Å². The van der Waals surface area contributed by atoms with E-state index in [1.807, 2.05) is 0 Å². The van der Waals surface area contributed by atoms with Crippen LogP contribution in [0.4, 0.5) is 15.9 Å². The zero-order chi connectivity index (χ0) is 13.2. The van der Waals surface area contributed by atoms with Crippen molar-refractivity contribution in [3.63, 3.8) is 0 Å². The Morgan fingerprint density at radius 3 is 2.61 bits per heavy atom. The maximum atomic E-state index is 13.1. The molecular weight excluding hydrogens is 259 g/mol. The fourth-order valence-electron chi connectivity index (χ4n) is 1.29. The molecule has 2 aromatic rings. The van der Waals surface area contributed by atoms with E-state index in [2.05, 4.69) is 14.7 Å². The number of sulfonamides is 1. The highest BCUT2D eigenvalue weighted by Crippen LogP contribution is 2.18. The number of nitrogen functional groups attached to an aromatic ring is 1. The third-order valence-electron chi connectivity index (χ3n) is 2.01. The SMILES string of the molecule is Nc1cc(F)cc(S(=O)(=O)Nc2cnccn2)c1. The minimum Gasteiger partial charge on any atom is -0.399 e. The van der Waals surface area contributed by atoms with Gasteiger partial charge in [-0.2, -0.15) is 0 Å². The van der Waals surface area contributed by atoms with Crippen LogP contribution in [0.1, 0.15) is 0 Å². The minimum absolute atomic E-state index is 0.0227. The van der Waals surface area contributed by atoms with Gasteiger partial charge < -0.3 is 5.73 Å². The van der Waals surface area contributed by atoms with Crippen LogP contribution in [0.5, 0.6) is 0 Å². The van der Waals surface area contributed by atoms with Crippen LogP contribution in [0.3, 0.4) is 0 Å². The average molecular weight is 268 g/mol. The maximum Gasteiger partial charge on any atom is 0.263 e. The van der Waals surface area contributed by atoms with Gasteiger partial charge in [0.05, 0.1) is 11.1 Å². The fourth-order valence-corrected chi connectivity index (χ4v) is 2.35. The zero-order valence-corrected chi connectivity index (χ0v) is 9.86. The number of rotatable bonds is 3. The fraction of sp³-hybridized carbons (Fsp3) is 0. The van der Waals surface area contributed by atoms with Crippen molar-refractivity contribution in [2.75, 3.05) is 10.5 Å². The first-order chi connectivity index (χ1) is 8.47. The molecule has 3 N–H and O–H groups in total. The molecule has 18 heavy (non-hydrogen) atoms. The summed E-state index contributed by atoms with van der Waals surface area (Å²) < 4.78 is 39.1. The summed E-state index contributed by atoms with van der Waals surface area (Å²) in [6, 6.07) is 3.05. The highest BCUT2D eigenvalue weighted by molar-refractivity contribution is 7.92. The van der Waals surface area contributed by atoms with E-state index < -0.39 is 15.8 Å². The maximum absolute atomic E-state index is 13.1. The number of halogens is 1. The number of nitrogens with zero attached hydrogens (tertiary/aromatic N) is 2. The van der Waals surface area contributed by atoms with Crippen molar-refractivity contribution >= 4 is 21.5 Å². The molecule has 0 aliphatic heterocycles. The molecule has 0 radical (unpaired) electrons. The third-order valence-corrected chi connectivity index (χ3v) is 3.34. The second kappa shape index (κ2) is 4.57. The molecule has 94 valence electrons. The lowest BCUT2D eigenvalue weighted by molar-refractivity contribution is 0.595. The van der Waals surface area contributed by atoms with E-state index >= 15 is 0 Å². The van der Waals surface area contributed by atoms with Crippen molar-refractivity contribution in [1.82, 2.24) is 9.97 Å². The van der Waals surface area contributed by atoms with Crippen LogP contribution in [0, 0.1) is 5.82 Å². The van der Waals surface area contributed by atoms with Gasteiger partial charge in [-0.05, 0) is 18.2 Å². The summed E-state index contributed by atoms with van der Waals surface area (Å²) in [7, 11) is -3.93.